The number of thiocarbonyl (C=S) groups is 1. The molecule has 0 fully saturated rings. The second-order valence-corrected chi connectivity index (χ2v) is 2.94. The molecule has 0 unspecified atom stereocenters. The molecule has 0 bridgehead atoms. The van der Waals surface area contributed by atoms with Crippen LogP contribution in [-0.2, 0) is 6.54 Å². The lowest BCUT2D eigenvalue weighted by molar-refractivity contribution is 0.498. The predicted octanol–water partition coefficient (Wildman–Crippen LogP) is 1.04. The molecule has 0 saturated heterocycles. The molecule has 4 heteroatoms. The molecule has 0 radical (unpaired) electrons. The third-order valence-electron chi connectivity index (χ3n) is 1.78. The maximum absolute atomic E-state index is 5.72. The van der Waals surface area contributed by atoms with Gasteiger partial charge in [-0.1, -0.05) is 6.07 Å². The number of fused-ring (bicyclic) bond motifs is 1. The number of ether oxygens (including phenoxy) is 1. The van der Waals surface area contributed by atoms with E-state index in [1.807, 2.05) is 18.2 Å². The molecule has 3 nitrogen and oxygen atoms in total. The fraction of sp³-hybridized carbons (Fsp3) is 0.125. The maximum Gasteiger partial charge on any atom is 0.262 e. The summed E-state index contributed by atoms with van der Waals surface area (Å²) in [6.07, 6.45) is 0. The van der Waals surface area contributed by atoms with Gasteiger partial charge >= 0.3 is 0 Å². The molecule has 1 aliphatic heterocycles. The average Bonchev–Trinajstić information content (AvgIpc) is 2.04. The van der Waals surface area contributed by atoms with Crippen LogP contribution in [0, 0.1) is 0 Å². The summed E-state index contributed by atoms with van der Waals surface area (Å²) in [6.45, 7) is 0.654. The van der Waals surface area contributed by atoms with Crippen molar-refractivity contribution in [1.82, 2.24) is 5.32 Å². The molecule has 1 aliphatic rings. The Morgan fingerprint density at radius 3 is 3.17 bits per heavy atom. The highest BCUT2D eigenvalue weighted by atomic mass is 32.1. The van der Waals surface area contributed by atoms with Crippen LogP contribution in [0.4, 0.5) is 5.69 Å². The van der Waals surface area contributed by atoms with Crippen LogP contribution in [0.1, 0.15) is 5.56 Å². The Labute approximate surface area is 75.5 Å². The number of rotatable bonds is 0. The fourth-order valence-corrected chi connectivity index (χ4v) is 1.33. The van der Waals surface area contributed by atoms with Crippen LogP contribution in [0.15, 0.2) is 18.2 Å². The highest BCUT2D eigenvalue weighted by molar-refractivity contribution is 7.80. The molecule has 3 N–H and O–H groups in total. The van der Waals surface area contributed by atoms with Gasteiger partial charge in [0, 0.05) is 17.8 Å². The average molecular weight is 180 g/mol. The van der Waals surface area contributed by atoms with E-state index in [-0.39, 0.29) is 0 Å². The smallest absolute Gasteiger partial charge is 0.262 e. The Morgan fingerprint density at radius 1 is 1.50 bits per heavy atom. The van der Waals surface area contributed by atoms with Gasteiger partial charge in [0.05, 0.1) is 0 Å². The fourth-order valence-electron chi connectivity index (χ4n) is 1.16. The van der Waals surface area contributed by atoms with Gasteiger partial charge in [-0.05, 0) is 24.4 Å². The molecule has 2 rings (SSSR count). The van der Waals surface area contributed by atoms with Gasteiger partial charge in [0.2, 0.25) is 0 Å². The zero-order valence-electron chi connectivity index (χ0n) is 6.33. The molecular weight excluding hydrogens is 172 g/mol. The van der Waals surface area contributed by atoms with Crippen molar-refractivity contribution in [3.63, 3.8) is 0 Å². The summed E-state index contributed by atoms with van der Waals surface area (Å²) in [5.74, 6) is 0.763. The summed E-state index contributed by atoms with van der Waals surface area (Å²) >= 11 is 4.85. The van der Waals surface area contributed by atoms with Gasteiger partial charge in [-0.2, -0.15) is 0 Å². The first-order chi connectivity index (χ1) is 5.77. The van der Waals surface area contributed by atoms with Crippen molar-refractivity contribution in [1.29, 1.82) is 0 Å². The van der Waals surface area contributed by atoms with Crippen molar-refractivity contribution in [3.05, 3.63) is 23.8 Å². The Bertz CT molecular complexity index is 338. The third kappa shape index (κ3) is 1.10. The Hall–Kier alpha value is -1.29. The molecular formula is C8H8N2OS. The second kappa shape index (κ2) is 2.64. The van der Waals surface area contributed by atoms with Gasteiger partial charge in [-0.3, -0.25) is 0 Å². The molecule has 12 heavy (non-hydrogen) atoms. The summed E-state index contributed by atoms with van der Waals surface area (Å²) < 4.78 is 5.25. The van der Waals surface area contributed by atoms with E-state index in [0.717, 1.165) is 17.0 Å². The number of nitrogens with two attached hydrogens (primary N) is 1. The zero-order valence-corrected chi connectivity index (χ0v) is 7.15. The summed E-state index contributed by atoms with van der Waals surface area (Å²) in [5, 5.41) is 3.32. The summed E-state index contributed by atoms with van der Waals surface area (Å²) in [4.78, 5) is 0. The number of nitrogen functional groups attached to an aromatic ring is 1. The molecule has 0 aromatic heterocycles. The number of anilines is 1. The highest BCUT2D eigenvalue weighted by Gasteiger charge is 2.14. The van der Waals surface area contributed by atoms with Gasteiger partial charge < -0.3 is 15.8 Å². The van der Waals surface area contributed by atoms with Crippen LogP contribution in [0.2, 0.25) is 0 Å². The third-order valence-corrected chi connectivity index (χ3v) is 2.01. The van der Waals surface area contributed by atoms with E-state index in [9.17, 15) is 0 Å². The zero-order chi connectivity index (χ0) is 8.55. The van der Waals surface area contributed by atoms with Crippen molar-refractivity contribution in [2.24, 2.45) is 0 Å². The van der Waals surface area contributed by atoms with Gasteiger partial charge in [-0.25, -0.2) is 0 Å². The Balaban J connectivity index is 2.48. The van der Waals surface area contributed by atoms with Gasteiger partial charge in [0.15, 0.2) is 0 Å². The van der Waals surface area contributed by atoms with E-state index in [2.05, 4.69) is 5.32 Å². The number of hydrogen-bond acceptors (Lipinski definition) is 3. The predicted molar refractivity (Wildman–Crippen MR) is 50.9 cm³/mol. The van der Waals surface area contributed by atoms with E-state index in [4.69, 9.17) is 22.7 Å². The van der Waals surface area contributed by atoms with E-state index >= 15 is 0 Å². The minimum absolute atomic E-state index is 0.410. The van der Waals surface area contributed by atoms with Crippen LogP contribution in [0.5, 0.6) is 5.75 Å². The van der Waals surface area contributed by atoms with Gasteiger partial charge in [0.1, 0.15) is 5.75 Å². The SMILES string of the molecule is Nc1cccc2c1CNC(=S)O2. The Morgan fingerprint density at radius 2 is 2.33 bits per heavy atom. The Kier molecular flexibility index (Phi) is 1.62. The molecule has 0 saturated carbocycles. The first kappa shape index (κ1) is 7.36. The molecule has 1 heterocycles. The van der Waals surface area contributed by atoms with Gasteiger partial charge in [0.25, 0.3) is 5.17 Å². The van der Waals surface area contributed by atoms with Crippen LogP contribution in [-0.4, -0.2) is 5.17 Å². The van der Waals surface area contributed by atoms with Crippen LogP contribution in [0.25, 0.3) is 0 Å². The molecule has 0 amide bonds. The standard InChI is InChI=1S/C8H8N2OS/c9-6-2-1-3-7-5(6)4-10-8(12)11-7/h1-3H,4,9H2,(H,10,12). The quantitative estimate of drug-likeness (QED) is 0.462. The molecule has 62 valence electrons. The van der Waals surface area contributed by atoms with Crippen molar-refractivity contribution in [3.8, 4) is 5.75 Å². The van der Waals surface area contributed by atoms with Gasteiger partial charge in [-0.15, -0.1) is 0 Å². The van der Waals surface area contributed by atoms with Crippen molar-refractivity contribution in [2.45, 2.75) is 6.54 Å². The molecule has 0 spiro atoms. The lowest BCUT2D eigenvalue weighted by Gasteiger charge is -2.19. The van der Waals surface area contributed by atoms with E-state index in [0.29, 0.717) is 11.7 Å². The van der Waals surface area contributed by atoms with E-state index in [1.165, 1.54) is 0 Å². The molecule has 0 atom stereocenters. The van der Waals surface area contributed by atoms with Crippen LogP contribution < -0.4 is 15.8 Å². The maximum atomic E-state index is 5.72. The van der Waals surface area contributed by atoms with Crippen molar-refractivity contribution in [2.75, 3.05) is 5.73 Å². The molecule has 0 aliphatic carbocycles. The molecule has 1 aromatic carbocycles. The highest BCUT2D eigenvalue weighted by Crippen LogP contribution is 2.26. The number of hydrogen-bond donors (Lipinski definition) is 2. The van der Waals surface area contributed by atoms with Crippen molar-refractivity contribution >= 4 is 23.1 Å². The van der Waals surface area contributed by atoms with Crippen LogP contribution >= 0.6 is 12.2 Å². The van der Waals surface area contributed by atoms with Crippen LogP contribution in [0.3, 0.4) is 0 Å². The monoisotopic (exact) mass is 180 g/mol. The first-order valence-corrected chi connectivity index (χ1v) is 4.01. The number of nitrogens with one attached hydrogen (secondary N) is 1. The normalized spacial score (nSPS) is 14.5. The lowest BCUT2D eigenvalue weighted by Crippen LogP contribution is -2.31. The second-order valence-electron chi connectivity index (χ2n) is 2.57. The summed E-state index contributed by atoms with van der Waals surface area (Å²) in [7, 11) is 0. The summed E-state index contributed by atoms with van der Waals surface area (Å²) in [6, 6.07) is 5.55. The van der Waals surface area contributed by atoms with Crippen molar-refractivity contribution < 1.29 is 4.74 Å². The first-order valence-electron chi connectivity index (χ1n) is 3.60. The minimum atomic E-state index is 0.410. The minimum Gasteiger partial charge on any atom is -0.431 e. The molecule has 1 aromatic rings. The lowest BCUT2D eigenvalue weighted by atomic mass is 10.1. The summed E-state index contributed by atoms with van der Waals surface area (Å²) in [5.41, 5.74) is 7.44. The van der Waals surface area contributed by atoms with E-state index in [1.54, 1.807) is 0 Å². The van der Waals surface area contributed by atoms with E-state index < -0.39 is 0 Å². The topological polar surface area (TPSA) is 47.3 Å². The number of benzene rings is 1. The largest absolute Gasteiger partial charge is 0.431 e.